The Bertz CT molecular complexity index is 3320. The smallest absolute Gasteiger partial charge is 0.0541 e. The fraction of sp³-hybridized carbons (Fsp3) is 0.0333. The Morgan fingerprint density at radius 3 is 1.34 bits per heavy atom. The quantitative estimate of drug-likeness (QED) is 0.149. The van der Waals surface area contributed by atoms with Gasteiger partial charge in [0.25, 0.3) is 0 Å². The Hall–Kier alpha value is -7.94. The molecule has 0 saturated carbocycles. The molecule has 0 atom stereocenters. The Balaban J connectivity index is 0.980. The van der Waals surface area contributed by atoms with Crippen molar-refractivity contribution in [3.8, 4) is 50.2 Å². The molecular weight excluding hydrogens is 749 g/mol. The van der Waals surface area contributed by atoms with E-state index in [-0.39, 0.29) is 0 Å². The second-order valence-corrected chi connectivity index (χ2v) is 16.3. The average Bonchev–Trinajstić information content (AvgIpc) is 3.67. The van der Waals surface area contributed by atoms with Crippen LogP contribution in [-0.2, 0) is 0 Å². The van der Waals surface area contributed by atoms with Crippen LogP contribution in [0.2, 0.25) is 0 Å². The molecule has 1 aromatic heterocycles. The third kappa shape index (κ3) is 6.73. The van der Waals surface area contributed by atoms with E-state index < -0.39 is 0 Å². The molecule has 11 aromatic rings. The van der Waals surface area contributed by atoms with Gasteiger partial charge in [0.15, 0.2) is 0 Å². The number of aryl methyl sites for hydroxylation is 2. The molecule has 0 spiro atoms. The highest BCUT2D eigenvalue weighted by atomic mass is 15.1. The Kier molecular flexibility index (Phi) is 9.32. The Morgan fingerprint density at radius 1 is 0.306 bits per heavy atom. The standard InChI is InChI=1S/C60H44N2/c1-41-37-52(50-17-12-18-55(40-50)62-58-21-10-8-19-56(58)57-20-9-11-22-59(57)62)38-42(2)60(41)61(54-35-31-48(32-36-54)51-28-27-44-15-6-7-16-49(44)39-51)53-33-29-47(30-34-53)46-25-23-45(24-26-46)43-13-4-3-5-14-43/h3-40H,1-2H3. The van der Waals surface area contributed by atoms with Crippen molar-refractivity contribution >= 4 is 49.6 Å². The van der Waals surface area contributed by atoms with Crippen LogP contribution in [0, 0.1) is 13.8 Å². The van der Waals surface area contributed by atoms with Crippen LogP contribution >= 0.6 is 0 Å². The molecule has 0 unspecified atom stereocenters. The van der Waals surface area contributed by atoms with Gasteiger partial charge in [-0.15, -0.1) is 0 Å². The summed E-state index contributed by atoms with van der Waals surface area (Å²) < 4.78 is 2.40. The van der Waals surface area contributed by atoms with E-state index in [9.17, 15) is 0 Å². The van der Waals surface area contributed by atoms with Crippen molar-refractivity contribution in [1.29, 1.82) is 0 Å². The van der Waals surface area contributed by atoms with Gasteiger partial charge in [-0.25, -0.2) is 0 Å². The molecule has 0 aliphatic carbocycles. The Morgan fingerprint density at radius 2 is 0.742 bits per heavy atom. The Labute approximate surface area is 363 Å². The zero-order valence-corrected chi connectivity index (χ0v) is 34.8. The van der Waals surface area contributed by atoms with E-state index >= 15 is 0 Å². The molecule has 294 valence electrons. The molecule has 62 heavy (non-hydrogen) atoms. The predicted molar refractivity (Wildman–Crippen MR) is 264 cm³/mol. The summed E-state index contributed by atoms with van der Waals surface area (Å²) >= 11 is 0. The molecule has 0 N–H and O–H groups in total. The van der Waals surface area contributed by atoms with E-state index in [4.69, 9.17) is 0 Å². The molecule has 0 aliphatic heterocycles. The summed E-state index contributed by atoms with van der Waals surface area (Å²) in [5.41, 5.74) is 19.0. The summed E-state index contributed by atoms with van der Waals surface area (Å²) in [6.07, 6.45) is 0. The third-order valence-electron chi connectivity index (χ3n) is 12.4. The second kappa shape index (κ2) is 15.6. The highest BCUT2D eigenvalue weighted by Gasteiger charge is 2.20. The normalized spacial score (nSPS) is 11.4. The summed E-state index contributed by atoms with van der Waals surface area (Å²) in [6.45, 7) is 4.50. The van der Waals surface area contributed by atoms with Gasteiger partial charge in [0.05, 0.1) is 16.7 Å². The molecule has 0 aliphatic rings. The number of aromatic nitrogens is 1. The van der Waals surface area contributed by atoms with Gasteiger partial charge in [0.1, 0.15) is 0 Å². The summed E-state index contributed by atoms with van der Waals surface area (Å²) in [4.78, 5) is 2.43. The van der Waals surface area contributed by atoms with Crippen LogP contribution in [0.1, 0.15) is 11.1 Å². The number of hydrogen-bond donors (Lipinski definition) is 0. The zero-order chi connectivity index (χ0) is 41.6. The van der Waals surface area contributed by atoms with Gasteiger partial charge in [0, 0.05) is 27.8 Å². The average molecular weight is 793 g/mol. The van der Waals surface area contributed by atoms with Crippen LogP contribution in [-0.4, -0.2) is 4.57 Å². The van der Waals surface area contributed by atoms with Crippen molar-refractivity contribution < 1.29 is 0 Å². The topological polar surface area (TPSA) is 8.17 Å². The van der Waals surface area contributed by atoms with Gasteiger partial charge < -0.3 is 9.47 Å². The van der Waals surface area contributed by atoms with Crippen molar-refractivity contribution in [3.63, 3.8) is 0 Å². The van der Waals surface area contributed by atoms with E-state index in [0.717, 1.165) is 17.1 Å². The number of hydrogen-bond acceptors (Lipinski definition) is 1. The lowest BCUT2D eigenvalue weighted by Crippen LogP contribution is -2.13. The highest BCUT2D eigenvalue weighted by molar-refractivity contribution is 6.09. The largest absolute Gasteiger partial charge is 0.310 e. The van der Waals surface area contributed by atoms with E-state index in [1.54, 1.807) is 0 Å². The minimum absolute atomic E-state index is 1.11. The van der Waals surface area contributed by atoms with Gasteiger partial charge >= 0.3 is 0 Å². The van der Waals surface area contributed by atoms with Crippen molar-refractivity contribution in [3.05, 3.63) is 242 Å². The first-order valence-corrected chi connectivity index (χ1v) is 21.4. The number of benzene rings is 10. The van der Waals surface area contributed by atoms with Crippen molar-refractivity contribution in [2.24, 2.45) is 0 Å². The van der Waals surface area contributed by atoms with Gasteiger partial charge in [0.2, 0.25) is 0 Å². The molecule has 1 heterocycles. The maximum Gasteiger partial charge on any atom is 0.0541 e. The summed E-state index contributed by atoms with van der Waals surface area (Å²) in [5.74, 6) is 0. The van der Waals surface area contributed by atoms with E-state index in [1.807, 2.05) is 0 Å². The second-order valence-electron chi connectivity index (χ2n) is 16.3. The SMILES string of the molecule is Cc1cc(-c2cccc(-n3c4ccccc4c4ccccc43)c2)cc(C)c1N(c1ccc(-c2ccc(-c3ccccc3)cc2)cc1)c1ccc(-c2ccc3ccccc3c2)cc1. The first kappa shape index (κ1) is 37.1. The lowest BCUT2D eigenvalue weighted by molar-refractivity contribution is 1.18. The van der Waals surface area contributed by atoms with Crippen LogP contribution in [0.15, 0.2) is 231 Å². The van der Waals surface area contributed by atoms with Crippen molar-refractivity contribution in [2.45, 2.75) is 13.8 Å². The zero-order valence-electron chi connectivity index (χ0n) is 34.8. The fourth-order valence-electron chi connectivity index (χ4n) is 9.37. The van der Waals surface area contributed by atoms with E-state index in [2.05, 4.69) is 254 Å². The van der Waals surface area contributed by atoms with E-state index in [1.165, 1.54) is 93.9 Å². The van der Waals surface area contributed by atoms with Crippen LogP contribution in [0.5, 0.6) is 0 Å². The van der Waals surface area contributed by atoms with Crippen molar-refractivity contribution in [2.75, 3.05) is 4.90 Å². The van der Waals surface area contributed by atoms with Crippen LogP contribution < -0.4 is 4.90 Å². The van der Waals surface area contributed by atoms with Gasteiger partial charge in [-0.2, -0.15) is 0 Å². The predicted octanol–water partition coefficient (Wildman–Crippen LogP) is 16.7. The van der Waals surface area contributed by atoms with Crippen LogP contribution in [0.4, 0.5) is 17.1 Å². The van der Waals surface area contributed by atoms with Gasteiger partial charge in [-0.1, -0.05) is 164 Å². The van der Waals surface area contributed by atoms with Crippen molar-refractivity contribution in [1.82, 2.24) is 4.57 Å². The number of anilines is 3. The molecule has 0 amide bonds. The monoisotopic (exact) mass is 792 g/mol. The molecular formula is C60H44N2. The van der Waals surface area contributed by atoms with Gasteiger partial charge in [-0.3, -0.25) is 0 Å². The molecule has 2 nitrogen and oxygen atoms in total. The maximum absolute atomic E-state index is 2.43. The summed E-state index contributed by atoms with van der Waals surface area (Å²) in [5, 5.41) is 5.03. The fourth-order valence-corrected chi connectivity index (χ4v) is 9.37. The first-order chi connectivity index (χ1) is 30.6. The minimum Gasteiger partial charge on any atom is -0.310 e. The third-order valence-corrected chi connectivity index (χ3v) is 12.4. The van der Waals surface area contributed by atoms with E-state index in [0.29, 0.717) is 0 Å². The van der Waals surface area contributed by atoms with Gasteiger partial charge in [-0.05, 0) is 147 Å². The first-order valence-electron chi connectivity index (χ1n) is 21.4. The lowest BCUT2D eigenvalue weighted by atomic mass is 9.96. The minimum atomic E-state index is 1.11. The number of nitrogens with zero attached hydrogens (tertiary/aromatic N) is 2. The summed E-state index contributed by atoms with van der Waals surface area (Å²) in [6, 6.07) is 83.9. The summed E-state index contributed by atoms with van der Waals surface area (Å²) in [7, 11) is 0. The molecule has 0 radical (unpaired) electrons. The molecule has 0 saturated heterocycles. The van der Waals surface area contributed by atoms with Crippen LogP contribution in [0.25, 0.3) is 82.8 Å². The molecule has 0 fully saturated rings. The molecule has 0 bridgehead atoms. The molecule has 2 heteroatoms. The number of para-hydroxylation sites is 2. The highest BCUT2D eigenvalue weighted by Crippen LogP contribution is 2.42. The number of rotatable bonds is 8. The number of fused-ring (bicyclic) bond motifs is 4. The molecule has 11 rings (SSSR count). The van der Waals surface area contributed by atoms with Crippen LogP contribution in [0.3, 0.4) is 0 Å². The molecule has 10 aromatic carbocycles. The maximum atomic E-state index is 2.43. The lowest BCUT2D eigenvalue weighted by Gasteiger charge is -2.29.